The molecule has 1 aromatic rings. The predicted octanol–water partition coefficient (Wildman–Crippen LogP) is 3.12. The van der Waals surface area contributed by atoms with E-state index in [1.807, 2.05) is 0 Å². The number of benzene rings is 1. The molecule has 0 radical (unpaired) electrons. The Kier molecular flexibility index (Phi) is 3.02. The highest BCUT2D eigenvalue weighted by Crippen LogP contribution is 2.37. The Labute approximate surface area is 88.5 Å². The van der Waals surface area contributed by atoms with Crippen molar-refractivity contribution in [1.29, 1.82) is 0 Å². The summed E-state index contributed by atoms with van der Waals surface area (Å²) in [6.07, 6.45) is 0. The molecule has 0 aliphatic heterocycles. The summed E-state index contributed by atoms with van der Waals surface area (Å²) in [5.41, 5.74) is 0.518. The molecule has 0 aliphatic carbocycles. The summed E-state index contributed by atoms with van der Waals surface area (Å²) >= 11 is 13.1. The highest BCUT2D eigenvalue weighted by Gasteiger charge is 2.23. The molecule has 1 unspecified atom stereocenters. The molecule has 0 saturated heterocycles. The van der Waals surface area contributed by atoms with Crippen LogP contribution in [0.4, 0.5) is 0 Å². The van der Waals surface area contributed by atoms with E-state index in [0.29, 0.717) is 10.6 Å². The van der Waals surface area contributed by atoms with Gasteiger partial charge in [0, 0.05) is 10.6 Å². The highest BCUT2D eigenvalue weighted by molar-refractivity contribution is 14.1. The Bertz CT molecular complexity index is 257. The van der Waals surface area contributed by atoms with Gasteiger partial charge >= 0.3 is 0 Å². The van der Waals surface area contributed by atoms with Gasteiger partial charge in [-0.15, -0.1) is 0 Å². The van der Waals surface area contributed by atoms with Gasteiger partial charge in [-0.3, -0.25) is 0 Å². The van der Waals surface area contributed by atoms with Gasteiger partial charge in [0.25, 0.3) is 0 Å². The van der Waals surface area contributed by atoms with E-state index >= 15 is 0 Å². The molecule has 0 amide bonds. The average molecular weight is 303 g/mol. The van der Waals surface area contributed by atoms with Crippen molar-refractivity contribution in [2.45, 2.75) is 3.07 Å². The fourth-order valence-corrected chi connectivity index (χ4v) is 1.82. The molecule has 60 valence electrons. The molecule has 1 atom stereocenters. The molecule has 0 aliphatic rings. The number of hydrogen-bond donors (Lipinski definition) is 1. The van der Waals surface area contributed by atoms with Crippen LogP contribution < -0.4 is 0 Å². The van der Waals surface area contributed by atoms with Crippen molar-refractivity contribution < 1.29 is 5.11 Å². The van der Waals surface area contributed by atoms with Gasteiger partial charge in [-0.05, 0) is 28.7 Å². The number of alkyl halides is 2. The third-order valence-corrected chi connectivity index (χ3v) is 2.31. The minimum absolute atomic E-state index is 0.472. The van der Waals surface area contributed by atoms with Gasteiger partial charge in [-0.25, -0.2) is 0 Å². The molecule has 0 fully saturated rings. The lowest BCUT2D eigenvalue weighted by Crippen LogP contribution is -2.07. The van der Waals surface area contributed by atoms with Crippen LogP contribution in [-0.4, -0.2) is 5.11 Å². The number of halogens is 3. The van der Waals surface area contributed by atoms with E-state index in [-0.39, 0.29) is 0 Å². The van der Waals surface area contributed by atoms with Crippen LogP contribution in [0, 0.1) is 0 Å². The zero-order valence-corrected chi connectivity index (χ0v) is 9.06. The second kappa shape index (κ2) is 3.47. The number of rotatable bonds is 1. The maximum absolute atomic E-state index is 9.34. The van der Waals surface area contributed by atoms with Crippen molar-refractivity contribution in [2.24, 2.45) is 0 Å². The third kappa shape index (κ3) is 2.47. The summed E-state index contributed by atoms with van der Waals surface area (Å²) in [5, 5.41) is 9.81. The van der Waals surface area contributed by atoms with Crippen LogP contribution in [-0.2, 0) is 3.07 Å². The summed E-state index contributed by atoms with van der Waals surface area (Å²) in [4.78, 5) is 0. The van der Waals surface area contributed by atoms with Crippen molar-refractivity contribution in [1.82, 2.24) is 0 Å². The summed E-state index contributed by atoms with van der Waals surface area (Å²) in [5.74, 6) is 0. The summed E-state index contributed by atoms with van der Waals surface area (Å²) in [7, 11) is 0. The fraction of sp³-hybridized carbons (Fsp3) is 0.143. The van der Waals surface area contributed by atoms with Crippen molar-refractivity contribution in [2.75, 3.05) is 0 Å². The van der Waals surface area contributed by atoms with Crippen LogP contribution in [0.25, 0.3) is 0 Å². The topological polar surface area (TPSA) is 20.2 Å². The Morgan fingerprint density at radius 3 is 2.27 bits per heavy atom. The number of aliphatic hydroxyl groups is 1. The van der Waals surface area contributed by atoms with E-state index in [4.69, 9.17) is 23.2 Å². The largest absolute Gasteiger partial charge is 0.363 e. The van der Waals surface area contributed by atoms with Crippen LogP contribution in [0.5, 0.6) is 0 Å². The SMILES string of the molecule is OC(Cl)(I)c1ccccc1Cl. The molecule has 0 bridgehead atoms. The zero-order chi connectivity index (χ0) is 8.48. The summed E-state index contributed by atoms with van der Waals surface area (Å²) < 4.78 is -1.41. The van der Waals surface area contributed by atoms with Crippen LogP contribution in [0.2, 0.25) is 5.02 Å². The average Bonchev–Trinajstić information content (AvgIpc) is 1.86. The van der Waals surface area contributed by atoms with Gasteiger partial charge in [0.1, 0.15) is 0 Å². The molecule has 0 aromatic heterocycles. The van der Waals surface area contributed by atoms with Gasteiger partial charge in [0.15, 0.2) is 0 Å². The molecular weight excluding hydrogens is 298 g/mol. The van der Waals surface area contributed by atoms with Gasteiger partial charge in [0.2, 0.25) is 3.07 Å². The Hall–Kier alpha value is 0.490. The normalized spacial score (nSPS) is 16.0. The van der Waals surface area contributed by atoms with Crippen LogP contribution in [0.15, 0.2) is 24.3 Å². The Morgan fingerprint density at radius 1 is 1.36 bits per heavy atom. The van der Waals surface area contributed by atoms with Crippen molar-refractivity contribution in [3.63, 3.8) is 0 Å². The lowest BCUT2D eigenvalue weighted by Gasteiger charge is -2.13. The maximum Gasteiger partial charge on any atom is 0.218 e. The number of hydrogen-bond acceptors (Lipinski definition) is 1. The van der Waals surface area contributed by atoms with Crippen molar-refractivity contribution >= 4 is 45.8 Å². The van der Waals surface area contributed by atoms with Crippen LogP contribution in [0.1, 0.15) is 5.56 Å². The zero-order valence-electron chi connectivity index (χ0n) is 5.39. The Morgan fingerprint density at radius 2 is 1.91 bits per heavy atom. The van der Waals surface area contributed by atoms with Gasteiger partial charge in [-0.2, -0.15) is 0 Å². The molecule has 1 rings (SSSR count). The molecule has 1 aromatic carbocycles. The standard InChI is InChI=1S/C7H5Cl2IO/c8-6-4-2-1-3-5(6)7(9,10)11/h1-4,11H. The van der Waals surface area contributed by atoms with E-state index in [1.54, 1.807) is 46.9 Å². The lowest BCUT2D eigenvalue weighted by molar-refractivity contribution is 0.244. The van der Waals surface area contributed by atoms with Gasteiger partial charge < -0.3 is 5.11 Å². The molecule has 0 spiro atoms. The first-order valence-electron chi connectivity index (χ1n) is 2.87. The smallest absolute Gasteiger partial charge is 0.218 e. The first-order valence-corrected chi connectivity index (χ1v) is 4.70. The van der Waals surface area contributed by atoms with E-state index in [0.717, 1.165) is 0 Å². The van der Waals surface area contributed by atoms with E-state index < -0.39 is 3.07 Å². The van der Waals surface area contributed by atoms with Crippen LogP contribution in [0.3, 0.4) is 0 Å². The van der Waals surface area contributed by atoms with Gasteiger partial charge in [-0.1, -0.05) is 41.4 Å². The first kappa shape index (κ1) is 9.58. The van der Waals surface area contributed by atoms with E-state index in [9.17, 15) is 5.11 Å². The van der Waals surface area contributed by atoms with Crippen LogP contribution >= 0.6 is 45.8 Å². The molecule has 0 heterocycles. The maximum atomic E-state index is 9.34. The molecule has 1 nitrogen and oxygen atoms in total. The quantitative estimate of drug-likeness (QED) is 0.624. The third-order valence-electron chi connectivity index (χ3n) is 1.20. The molecule has 0 saturated carbocycles. The second-order valence-electron chi connectivity index (χ2n) is 2.02. The molecular formula is C7H5Cl2IO. The summed E-state index contributed by atoms with van der Waals surface area (Å²) in [6.45, 7) is 0. The van der Waals surface area contributed by atoms with Crippen molar-refractivity contribution in [3.05, 3.63) is 34.9 Å². The monoisotopic (exact) mass is 302 g/mol. The summed E-state index contributed by atoms with van der Waals surface area (Å²) in [6, 6.07) is 6.92. The Balaban J connectivity index is 3.14. The first-order chi connectivity index (χ1) is 5.02. The lowest BCUT2D eigenvalue weighted by atomic mass is 10.2. The molecule has 4 heteroatoms. The minimum atomic E-state index is -1.41. The van der Waals surface area contributed by atoms with E-state index in [2.05, 4.69) is 0 Å². The fourth-order valence-electron chi connectivity index (χ4n) is 0.705. The predicted molar refractivity (Wildman–Crippen MR) is 55.2 cm³/mol. The molecule has 1 N–H and O–H groups in total. The molecule has 11 heavy (non-hydrogen) atoms. The van der Waals surface area contributed by atoms with Crippen molar-refractivity contribution in [3.8, 4) is 0 Å². The highest BCUT2D eigenvalue weighted by atomic mass is 127. The second-order valence-corrected chi connectivity index (χ2v) is 5.17. The minimum Gasteiger partial charge on any atom is -0.363 e. The van der Waals surface area contributed by atoms with E-state index in [1.165, 1.54) is 0 Å². The van der Waals surface area contributed by atoms with Gasteiger partial charge in [0.05, 0.1) is 0 Å².